The van der Waals surface area contributed by atoms with Gasteiger partial charge in [-0.1, -0.05) is 36.4 Å². The summed E-state index contributed by atoms with van der Waals surface area (Å²) in [7, 11) is 0. The van der Waals surface area contributed by atoms with E-state index in [2.05, 4.69) is 26.4 Å². The second kappa shape index (κ2) is 7.67. The number of benzene rings is 1. The fourth-order valence-corrected chi connectivity index (χ4v) is 4.92. The van der Waals surface area contributed by atoms with Crippen LogP contribution >= 0.6 is 11.8 Å². The van der Waals surface area contributed by atoms with Gasteiger partial charge >= 0.3 is 0 Å². The standard InChI is InChI=1S/C18H22N6O2S/c1-11-4-2-3-5-14(11)17(26)20-19-16(25)10-27-18-21-22-23-24(18)15-9-12-6-7-13(15)8-12/h2-5,12-13,15H,6-10H2,1H3,(H,19,25)(H,20,26)/t12-,13-,15+/m1/s1. The molecular formula is C18H22N6O2S. The van der Waals surface area contributed by atoms with E-state index in [1.54, 1.807) is 12.1 Å². The highest BCUT2D eigenvalue weighted by Crippen LogP contribution is 2.50. The second-order valence-corrected chi connectivity index (χ2v) is 8.20. The van der Waals surface area contributed by atoms with Gasteiger partial charge in [-0.05, 0) is 60.1 Å². The molecule has 0 radical (unpaired) electrons. The number of tetrazole rings is 1. The van der Waals surface area contributed by atoms with Crippen molar-refractivity contribution in [2.45, 2.75) is 43.8 Å². The first-order valence-corrected chi connectivity index (χ1v) is 10.2. The van der Waals surface area contributed by atoms with Crippen molar-refractivity contribution in [2.75, 3.05) is 5.75 Å². The average Bonchev–Trinajstić information content (AvgIpc) is 3.41. The first-order chi connectivity index (χ1) is 13.1. The quantitative estimate of drug-likeness (QED) is 0.601. The molecule has 1 aromatic heterocycles. The zero-order chi connectivity index (χ0) is 18.8. The fourth-order valence-electron chi connectivity index (χ4n) is 4.19. The van der Waals surface area contributed by atoms with Gasteiger partial charge in [0.15, 0.2) is 0 Å². The minimum absolute atomic E-state index is 0.134. The van der Waals surface area contributed by atoms with E-state index in [9.17, 15) is 9.59 Å². The van der Waals surface area contributed by atoms with Crippen molar-refractivity contribution in [1.29, 1.82) is 0 Å². The number of amides is 2. The van der Waals surface area contributed by atoms with Gasteiger partial charge in [-0.15, -0.1) is 5.10 Å². The van der Waals surface area contributed by atoms with E-state index in [4.69, 9.17) is 0 Å². The number of aryl methyl sites for hydroxylation is 1. The number of thioether (sulfide) groups is 1. The number of hydrogen-bond donors (Lipinski definition) is 2. The van der Waals surface area contributed by atoms with Crippen molar-refractivity contribution in [2.24, 2.45) is 11.8 Å². The van der Waals surface area contributed by atoms with Crippen LogP contribution in [0.1, 0.15) is 47.6 Å². The highest BCUT2D eigenvalue weighted by atomic mass is 32.2. The number of nitrogens with one attached hydrogen (secondary N) is 2. The van der Waals surface area contributed by atoms with Gasteiger partial charge in [-0.2, -0.15) is 0 Å². The molecule has 1 aromatic carbocycles. The highest BCUT2D eigenvalue weighted by molar-refractivity contribution is 7.99. The third-order valence-corrected chi connectivity index (χ3v) is 6.45. The lowest BCUT2D eigenvalue weighted by Gasteiger charge is -2.22. The minimum atomic E-state index is -0.335. The predicted molar refractivity (Wildman–Crippen MR) is 99.8 cm³/mol. The van der Waals surface area contributed by atoms with Gasteiger partial charge in [0.2, 0.25) is 11.1 Å². The highest BCUT2D eigenvalue weighted by Gasteiger charge is 2.42. The van der Waals surface area contributed by atoms with Crippen molar-refractivity contribution >= 4 is 23.6 Å². The van der Waals surface area contributed by atoms with Gasteiger partial charge in [0.25, 0.3) is 5.91 Å². The zero-order valence-corrected chi connectivity index (χ0v) is 15.9. The molecule has 2 fully saturated rings. The number of nitrogens with zero attached hydrogens (tertiary/aromatic N) is 4. The molecule has 2 saturated carbocycles. The van der Waals surface area contributed by atoms with Gasteiger partial charge in [0.1, 0.15) is 0 Å². The van der Waals surface area contributed by atoms with Gasteiger partial charge < -0.3 is 0 Å². The maximum absolute atomic E-state index is 12.1. The molecule has 2 amide bonds. The lowest BCUT2D eigenvalue weighted by molar-refractivity contribution is -0.119. The second-order valence-electron chi connectivity index (χ2n) is 7.25. The predicted octanol–water partition coefficient (Wildman–Crippen LogP) is 1.90. The maximum Gasteiger partial charge on any atom is 0.269 e. The first kappa shape index (κ1) is 18.0. The minimum Gasteiger partial charge on any atom is -0.272 e. The van der Waals surface area contributed by atoms with E-state index in [-0.39, 0.29) is 17.6 Å². The number of fused-ring (bicyclic) bond motifs is 2. The Labute approximate surface area is 161 Å². The summed E-state index contributed by atoms with van der Waals surface area (Å²) in [6.45, 7) is 1.85. The first-order valence-electron chi connectivity index (χ1n) is 9.17. The number of carbonyl (C=O) groups excluding carboxylic acids is 2. The summed E-state index contributed by atoms with van der Waals surface area (Å²) in [5.74, 6) is 0.944. The molecule has 27 heavy (non-hydrogen) atoms. The number of hydrogen-bond acceptors (Lipinski definition) is 6. The number of carbonyl (C=O) groups is 2. The summed E-state index contributed by atoms with van der Waals surface area (Å²) < 4.78 is 1.88. The van der Waals surface area contributed by atoms with E-state index in [1.807, 2.05) is 23.7 Å². The molecule has 2 aliphatic carbocycles. The molecule has 4 rings (SSSR count). The van der Waals surface area contributed by atoms with E-state index >= 15 is 0 Å². The van der Waals surface area contributed by atoms with Gasteiger partial charge in [0.05, 0.1) is 11.8 Å². The molecule has 2 bridgehead atoms. The largest absolute Gasteiger partial charge is 0.272 e. The Morgan fingerprint density at radius 3 is 2.81 bits per heavy atom. The Morgan fingerprint density at radius 2 is 2.07 bits per heavy atom. The van der Waals surface area contributed by atoms with E-state index < -0.39 is 0 Å². The van der Waals surface area contributed by atoms with E-state index in [0.29, 0.717) is 22.7 Å². The topological polar surface area (TPSA) is 102 Å². The lowest BCUT2D eigenvalue weighted by Crippen LogP contribution is -2.42. The van der Waals surface area contributed by atoms with Crippen LogP contribution in [0, 0.1) is 18.8 Å². The maximum atomic E-state index is 12.1. The summed E-state index contributed by atoms with van der Waals surface area (Å²) in [4.78, 5) is 24.2. The van der Waals surface area contributed by atoms with Crippen molar-refractivity contribution in [3.8, 4) is 0 Å². The molecule has 0 saturated heterocycles. The van der Waals surface area contributed by atoms with Crippen LogP contribution in [0.4, 0.5) is 0 Å². The third kappa shape index (κ3) is 3.83. The number of rotatable bonds is 5. The molecule has 3 atom stereocenters. The van der Waals surface area contributed by atoms with Crippen molar-refractivity contribution in [3.05, 3.63) is 35.4 Å². The smallest absolute Gasteiger partial charge is 0.269 e. The number of hydrazine groups is 1. The van der Waals surface area contributed by atoms with Crippen LogP contribution in [0.15, 0.2) is 29.4 Å². The molecule has 142 valence electrons. The Balaban J connectivity index is 1.28. The van der Waals surface area contributed by atoms with Crippen LogP contribution in [-0.4, -0.2) is 37.8 Å². The van der Waals surface area contributed by atoms with E-state index in [0.717, 1.165) is 17.9 Å². The van der Waals surface area contributed by atoms with Crippen molar-refractivity contribution in [1.82, 2.24) is 31.1 Å². The van der Waals surface area contributed by atoms with Crippen LogP contribution < -0.4 is 10.9 Å². The summed E-state index contributed by atoms with van der Waals surface area (Å²) >= 11 is 1.29. The van der Waals surface area contributed by atoms with Gasteiger partial charge in [0, 0.05) is 5.56 Å². The summed E-state index contributed by atoms with van der Waals surface area (Å²) in [5, 5.41) is 12.7. The normalized spacial score (nSPS) is 23.4. The average molecular weight is 386 g/mol. The van der Waals surface area contributed by atoms with Crippen LogP contribution in [-0.2, 0) is 4.79 Å². The molecule has 8 nitrogen and oxygen atoms in total. The Kier molecular flexibility index (Phi) is 5.11. The van der Waals surface area contributed by atoms with Crippen LogP contribution in [0.2, 0.25) is 0 Å². The van der Waals surface area contributed by atoms with E-state index in [1.165, 1.54) is 31.0 Å². The fraction of sp³-hybridized carbons (Fsp3) is 0.500. The van der Waals surface area contributed by atoms with Crippen molar-refractivity contribution in [3.63, 3.8) is 0 Å². The van der Waals surface area contributed by atoms with Crippen LogP contribution in [0.3, 0.4) is 0 Å². The molecule has 2 aromatic rings. The molecule has 1 heterocycles. The molecular weight excluding hydrogens is 364 g/mol. The molecule has 2 N–H and O–H groups in total. The monoisotopic (exact) mass is 386 g/mol. The molecule has 0 aliphatic heterocycles. The molecule has 0 unspecified atom stereocenters. The summed E-state index contributed by atoms with van der Waals surface area (Å²) in [5.41, 5.74) is 6.28. The van der Waals surface area contributed by atoms with Crippen molar-refractivity contribution < 1.29 is 9.59 Å². The zero-order valence-electron chi connectivity index (χ0n) is 15.1. The Bertz CT molecular complexity index is 854. The molecule has 9 heteroatoms. The SMILES string of the molecule is Cc1ccccc1C(=O)NNC(=O)CSc1nnnn1[C@H]1C[C@@H]2CC[C@@H]1C2. The Hall–Kier alpha value is -2.42. The number of aromatic nitrogens is 4. The van der Waals surface area contributed by atoms with Gasteiger partial charge in [-0.25, -0.2) is 4.68 Å². The summed E-state index contributed by atoms with van der Waals surface area (Å²) in [6.07, 6.45) is 4.95. The third-order valence-electron chi connectivity index (χ3n) is 5.52. The van der Waals surface area contributed by atoms with Crippen LogP contribution in [0.25, 0.3) is 0 Å². The molecule has 0 spiro atoms. The van der Waals surface area contributed by atoms with Gasteiger partial charge in [-0.3, -0.25) is 20.4 Å². The lowest BCUT2D eigenvalue weighted by atomic mass is 9.96. The Morgan fingerprint density at radius 1 is 1.22 bits per heavy atom. The summed E-state index contributed by atoms with van der Waals surface area (Å²) in [6, 6.07) is 7.57. The van der Waals surface area contributed by atoms with Crippen LogP contribution in [0.5, 0.6) is 0 Å². The molecule has 2 aliphatic rings.